The minimum atomic E-state index is -0.878. The van der Waals surface area contributed by atoms with Crippen molar-refractivity contribution in [3.63, 3.8) is 0 Å². The van der Waals surface area contributed by atoms with E-state index < -0.39 is 5.97 Å². The van der Waals surface area contributed by atoms with Crippen molar-refractivity contribution in [1.82, 2.24) is 5.32 Å². The summed E-state index contributed by atoms with van der Waals surface area (Å²) >= 11 is 1.31. The highest BCUT2D eigenvalue weighted by atomic mass is 32.1. The number of aliphatic hydroxyl groups excluding tert-OH is 1. The molecule has 0 spiro atoms. The van der Waals surface area contributed by atoms with Crippen molar-refractivity contribution in [2.45, 2.75) is 32.4 Å². The molecule has 1 heterocycles. The SMILES string of the molecule is CCC(O)CCNCc1c(C(=O)O)sc2ccccc12. The maximum absolute atomic E-state index is 11.3. The van der Waals surface area contributed by atoms with Crippen molar-refractivity contribution >= 4 is 27.4 Å². The second-order valence-electron chi connectivity index (χ2n) is 4.74. The number of fused-ring (bicyclic) bond motifs is 1. The zero-order valence-electron chi connectivity index (χ0n) is 11.4. The van der Waals surface area contributed by atoms with E-state index in [4.69, 9.17) is 0 Å². The number of nitrogens with one attached hydrogen (secondary N) is 1. The van der Waals surface area contributed by atoms with E-state index in [0.717, 1.165) is 22.1 Å². The van der Waals surface area contributed by atoms with Crippen LogP contribution < -0.4 is 5.32 Å². The molecule has 4 nitrogen and oxygen atoms in total. The van der Waals surface area contributed by atoms with E-state index in [1.807, 2.05) is 31.2 Å². The molecule has 0 bridgehead atoms. The average Bonchev–Trinajstić information content (AvgIpc) is 2.82. The standard InChI is InChI=1S/C15H19NO3S/c1-2-10(17)7-8-16-9-12-11-5-3-4-6-13(11)20-14(12)15(18)19/h3-6,10,16-17H,2,7-9H2,1H3,(H,18,19). The molecule has 0 fully saturated rings. The van der Waals surface area contributed by atoms with E-state index in [9.17, 15) is 15.0 Å². The molecule has 2 rings (SSSR count). The van der Waals surface area contributed by atoms with E-state index in [1.165, 1.54) is 11.3 Å². The lowest BCUT2D eigenvalue weighted by atomic mass is 10.1. The van der Waals surface area contributed by atoms with Crippen molar-refractivity contribution in [2.75, 3.05) is 6.54 Å². The number of carboxylic acids is 1. The average molecular weight is 293 g/mol. The Hall–Kier alpha value is -1.43. The van der Waals surface area contributed by atoms with Crippen LogP contribution in [-0.2, 0) is 6.54 Å². The summed E-state index contributed by atoms with van der Waals surface area (Å²) in [5.41, 5.74) is 0.837. The molecule has 5 heteroatoms. The van der Waals surface area contributed by atoms with Gasteiger partial charge in [0, 0.05) is 11.2 Å². The minimum Gasteiger partial charge on any atom is -0.477 e. The van der Waals surface area contributed by atoms with Gasteiger partial charge in [-0.15, -0.1) is 11.3 Å². The van der Waals surface area contributed by atoms with Crippen molar-refractivity contribution in [3.8, 4) is 0 Å². The largest absolute Gasteiger partial charge is 0.477 e. The summed E-state index contributed by atoms with van der Waals surface area (Å²) in [4.78, 5) is 11.7. The van der Waals surface area contributed by atoms with Gasteiger partial charge in [0.1, 0.15) is 4.88 Å². The molecular weight excluding hydrogens is 274 g/mol. The number of carbonyl (C=O) groups is 1. The summed E-state index contributed by atoms with van der Waals surface area (Å²) in [5, 5.41) is 23.0. The van der Waals surface area contributed by atoms with Gasteiger partial charge >= 0.3 is 5.97 Å². The quantitative estimate of drug-likeness (QED) is 0.687. The van der Waals surface area contributed by atoms with Crippen LogP contribution in [0.2, 0.25) is 0 Å². The molecule has 0 radical (unpaired) electrons. The van der Waals surface area contributed by atoms with Gasteiger partial charge in [-0.25, -0.2) is 4.79 Å². The van der Waals surface area contributed by atoms with Gasteiger partial charge < -0.3 is 15.5 Å². The second-order valence-corrected chi connectivity index (χ2v) is 5.79. The van der Waals surface area contributed by atoms with Gasteiger partial charge in [-0.05, 0) is 36.4 Å². The number of thiophene rings is 1. The number of rotatable bonds is 7. The first-order valence-corrected chi connectivity index (χ1v) is 7.57. The predicted molar refractivity (Wildman–Crippen MR) is 81.4 cm³/mol. The highest BCUT2D eigenvalue weighted by molar-refractivity contribution is 7.21. The molecule has 1 unspecified atom stereocenters. The molecular formula is C15H19NO3S. The molecule has 1 atom stereocenters. The van der Waals surface area contributed by atoms with E-state index >= 15 is 0 Å². The van der Waals surface area contributed by atoms with Crippen LogP contribution in [0.1, 0.15) is 35.0 Å². The Balaban J connectivity index is 2.11. The van der Waals surface area contributed by atoms with Crippen LogP contribution >= 0.6 is 11.3 Å². The Morgan fingerprint density at radius 2 is 2.15 bits per heavy atom. The lowest BCUT2D eigenvalue weighted by molar-refractivity contribution is 0.0701. The van der Waals surface area contributed by atoms with Crippen LogP contribution in [0.3, 0.4) is 0 Å². The summed E-state index contributed by atoms with van der Waals surface area (Å²) in [7, 11) is 0. The minimum absolute atomic E-state index is 0.291. The Kier molecular flexibility index (Phi) is 5.11. The Labute approximate surface area is 122 Å². The molecule has 1 aromatic heterocycles. The van der Waals surface area contributed by atoms with Crippen LogP contribution in [0, 0.1) is 0 Å². The molecule has 20 heavy (non-hydrogen) atoms. The van der Waals surface area contributed by atoms with Gasteiger partial charge in [0.25, 0.3) is 0 Å². The third-order valence-electron chi connectivity index (χ3n) is 3.32. The number of aromatic carboxylic acids is 1. The normalized spacial score (nSPS) is 12.7. The molecule has 1 aromatic carbocycles. The fraction of sp³-hybridized carbons (Fsp3) is 0.400. The van der Waals surface area contributed by atoms with E-state index in [0.29, 0.717) is 24.4 Å². The van der Waals surface area contributed by atoms with Gasteiger partial charge in [-0.1, -0.05) is 25.1 Å². The Bertz CT molecular complexity index is 594. The zero-order valence-corrected chi connectivity index (χ0v) is 12.2. The third kappa shape index (κ3) is 3.36. The molecule has 0 aliphatic carbocycles. The topological polar surface area (TPSA) is 69.6 Å². The van der Waals surface area contributed by atoms with Gasteiger partial charge in [-0.3, -0.25) is 0 Å². The first-order valence-electron chi connectivity index (χ1n) is 6.76. The molecule has 0 saturated carbocycles. The Morgan fingerprint density at radius 1 is 1.40 bits per heavy atom. The second kappa shape index (κ2) is 6.83. The monoisotopic (exact) mass is 293 g/mol. The third-order valence-corrected chi connectivity index (χ3v) is 4.52. The lowest BCUT2D eigenvalue weighted by Crippen LogP contribution is -2.20. The fourth-order valence-corrected chi connectivity index (χ4v) is 3.19. The van der Waals surface area contributed by atoms with Gasteiger partial charge in [0.05, 0.1) is 6.10 Å². The van der Waals surface area contributed by atoms with Gasteiger partial charge in [-0.2, -0.15) is 0 Å². The summed E-state index contributed by atoms with van der Waals surface area (Å²) in [6.07, 6.45) is 1.13. The predicted octanol–water partition coefficient (Wildman–Crippen LogP) is 2.85. The van der Waals surface area contributed by atoms with Crippen LogP contribution in [0.4, 0.5) is 0 Å². The molecule has 0 aliphatic rings. The van der Waals surface area contributed by atoms with Crippen LogP contribution in [0.5, 0.6) is 0 Å². The van der Waals surface area contributed by atoms with Crippen LogP contribution in [-0.4, -0.2) is 28.8 Å². The zero-order chi connectivity index (χ0) is 14.5. The van der Waals surface area contributed by atoms with E-state index in [1.54, 1.807) is 0 Å². The fourth-order valence-electron chi connectivity index (χ4n) is 2.13. The van der Waals surface area contributed by atoms with Crippen molar-refractivity contribution in [2.24, 2.45) is 0 Å². The molecule has 0 aliphatic heterocycles. The molecule has 0 saturated heterocycles. The number of aliphatic hydroxyl groups is 1. The molecule has 108 valence electrons. The van der Waals surface area contributed by atoms with Crippen LogP contribution in [0.25, 0.3) is 10.1 Å². The van der Waals surface area contributed by atoms with Crippen molar-refractivity contribution in [1.29, 1.82) is 0 Å². The summed E-state index contributed by atoms with van der Waals surface area (Å²) in [6, 6.07) is 7.73. The highest BCUT2D eigenvalue weighted by Crippen LogP contribution is 2.31. The smallest absolute Gasteiger partial charge is 0.346 e. The van der Waals surface area contributed by atoms with E-state index in [2.05, 4.69) is 5.32 Å². The first-order chi connectivity index (χ1) is 9.63. The number of hydrogen-bond donors (Lipinski definition) is 3. The van der Waals surface area contributed by atoms with E-state index in [-0.39, 0.29) is 6.10 Å². The van der Waals surface area contributed by atoms with Crippen molar-refractivity contribution < 1.29 is 15.0 Å². The van der Waals surface area contributed by atoms with Crippen molar-refractivity contribution in [3.05, 3.63) is 34.7 Å². The summed E-state index contributed by atoms with van der Waals surface area (Å²) in [5.74, 6) is -0.878. The number of carboxylic acid groups (broad SMARTS) is 1. The van der Waals surface area contributed by atoms with Crippen LogP contribution in [0.15, 0.2) is 24.3 Å². The van der Waals surface area contributed by atoms with Gasteiger partial charge in [0.2, 0.25) is 0 Å². The maximum Gasteiger partial charge on any atom is 0.346 e. The number of benzene rings is 1. The highest BCUT2D eigenvalue weighted by Gasteiger charge is 2.16. The summed E-state index contributed by atoms with van der Waals surface area (Å²) < 4.78 is 0.996. The number of hydrogen-bond acceptors (Lipinski definition) is 4. The van der Waals surface area contributed by atoms with Gasteiger partial charge in [0.15, 0.2) is 0 Å². The first kappa shape index (κ1) is 15.0. The summed E-state index contributed by atoms with van der Waals surface area (Å²) in [6.45, 7) is 3.14. The lowest BCUT2D eigenvalue weighted by Gasteiger charge is -2.09. The Morgan fingerprint density at radius 3 is 2.85 bits per heavy atom. The maximum atomic E-state index is 11.3. The molecule has 3 N–H and O–H groups in total. The molecule has 2 aromatic rings. The molecule has 0 amide bonds.